The molecule has 0 radical (unpaired) electrons. The number of benzene rings is 1. The summed E-state index contributed by atoms with van der Waals surface area (Å²) in [5.41, 5.74) is 0.125. The molecule has 0 aliphatic heterocycles. The van der Waals surface area contributed by atoms with Gasteiger partial charge in [0.1, 0.15) is 17.0 Å². The summed E-state index contributed by atoms with van der Waals surface area (Å²) in [5, 5.41) is 14.6. The first-order chi connectivity index (χ1) is 14.2. The lowest BCUT2D eigenvalue weighted by molar-refractivity contribution is -0.137. The second-order valence-electron chi connectivity index (χ2n) is 7.16. The summed E-state index contributed by atoms with van der Waals surface area (Å²) in [6, 6.07) is 0.734. The first-order valence-corrected chi connectivity index (χ1v) is 9.30. The third-order valence-electron chi connectivity index (χ3n) is 4.31. The first-order valence-electron chi connectivity index (χ1n) is 9.30. The van der Waals surface area contributed by atoms with E-state index in [1.807, 2.05) is 13.8 Å². The van der Waals surface area contributed by atoms with Crippen LogP contribution in [0.15, 0.2) is 18.3 Å². The number of carboxylic acids is 1. The Balaban J connectivity index is 2.10. The second kappa shape index (κ2) is 8.56. The predicted molar refractivity (Wildman–Crippen MR) is 105 cm³/mol. The number of imidazole rings is 1. The van der Waals surface area contributed by atoms with Crippen molar-refractivity contribution in [1.82, 2.24) is 19.5 Å². The van der Waals surface area contributed by atoms with Crippen LogP contribution in [0.2, 0.25) is 0 Å². The molecule has 11 heteroatoms. The fourth-order valence-electron chi connectivity index (χ4n) is 2.96. The van der Waals surface area contributed by atoms with Crippen molar-refractivity contribution in [1.29, 1.82) is 0 Å². The van der Waals surface area contributed by atoms with Gasteiger partial charge < -0.3 is 15.7 Å². The minimum absolute atomic E-state index is 0.0308. The lowest BCUT2D eigenvalue weighted by Gasteiger charge is -2.18. The molecule has 3 aromatic rings. The molecule has 0 aliphatic carbocycles. The van der Waals surface area contributed by atoms with E-state index in [-0.39, 0.29) is 24.8 Å². The maximum Gasteiger partial charge on any atom is 0.303 e. The molecular weight excluding hydrogens is 401 g/mol. The van der Waals surface area contributed by atoms with Gasteiger partial charge in [-0.3, -0.25) is 9.36 Å². The van der Waals surface area contributed by atoms with Crippen LogP contribution in [0, 0.1) is 17.5 Å². The SMILES string of the molecule is CC(C)Nc1ncc2nc(Nc3c(F)cc(F)cc3F)n([C@@H](C)CCC(=O)O)c2n1. The Labute approximate surface area is 170 Å². The third-order valence-corrected chi connectivity index (χ3v) is 4.31. The van der Waals surface area contributed by atoms with Gasteiger partial charge in [0.05, 0.1) is 6.20 Å². The van der Waals surface area contributed by atoms with Crippen LogP contribution in [0.3, 0.4) is 0 Å². The van der Waals surface area contributed by atoms with E-state index in [0.717, 1.165) is 0 Å². The van der Waals surface area contributed by atoms with Gasteiger partial charge >= 0.3 is 5.97 Å². The van der Waals surface area contributed by atoms with Crippen LogP contribution in [0.4, 0.5) is 30.8 Å². The molecule has 30 heavy (non-hydrogen) atoms. The summed E-state index contributed by atoms with van der Waals surface area (Å²) < 4.78 is 43.1. The van der Waals surface area contributed by atoms with Crippen LogP contribution in [0.25, 0.3) is 11.2 Å². The molecule has 2 aromatic heterocycles. The van der Waals surface area contributed by atoms with Gasteiger partial charge in [-0.25, -0.2) is 23.1 Å². The van der Waals surface area contributed by atoms with E-state index in [1.54, 1.807) is 11.5 Å². The minimum atomic E-state index is -1.13. The number of anilines is 3. The fraction of sp³-hybridized carbons (Fsp3) is 0.368. The molecule has 1 aromatic carbocycles. The van der Waals surface area contributed by atoms with Crippen LogP contribution < -0.4 is 10.6 Å². The Morgan fingerprint density at radius 3 is 2.43 bits per heavy atom. The molecule has 2 heterocycles. The molecule has 0 unspecified atom stereocenters. The Morgan fingerprint density at radius 1 is 1.17 bits per heavy atom. The van der Waals surface area contributed by atoms with Gasteiger partial charge in [-0.1, -0.05) is 0 Å². The van der Waals surface area contributed by atoms with E-state index in [9.17, 15) is 18.0 Å². The highest BCUT2D eigenvalue weighted by Crippen LogP contribution is 2.30. The average molecular weight is 422 g/mol. The van der Waals surface area contributed by atoms with E-state index in [2.05, 4.69) is 25.6 Å². The van der Waals surface area contributed by atoms with Crippen molar-refractivity contribution < 1.29 is 23.1 Å². The fourth-order valence-corrected chi connectivity index (χ4v) is 2.96. The highest BCUT2D eigenvalue weighted by atomic mass is 19.1. The zero-order valence-corrected chi connectivity index (χ0v) is 16.6. The van der Waals surface area contributed by atoms with Crippen LogP contribution in [-0.4, -0.2) is 36.6 Å². The monoisotopic (exact) mass is 422 g/mol. The lowest BCUT2D eigenvalue weighted by atomic mass is 10.2. The molecular formula is C19H21F3N6O2. The van der Waals surface area contributed by atoms with Gasteiger partial charge in [-0.2, -0.15) is 4.98 Å². The standard InChI is InChI=1S/C19H21F3N6O2/c1-9(2)24-18-23-8-14-17(27-18)28(10(3)4-5-15(29)30)19(25-14)26-16-12(21)6-11(20)7-13(16)22/h6-10H,4-5H2,1-3H3,(H,25,26)(H,29,30)(H,23,24,27)/t10-/m0/s1. The van der Waals surface area contributed by atoms with Crippen molar-refractivity contribution >= 4 is 34.7 Å². The Bertz CT molecular complexity index is 1060. The highest BCUT2D eigenvalue weighted by molar-refractivity contribution is 5.77. The van der Waals surface area contributed by atoms with Crippen LogP contribution in [-0.2, 0) is 4.79 Å². The van der Waals surface area contributed by atoms with E-state index in [4.69, 9.17) is 5.11 Å². The topological polar surface area (TPSA) is 105 Å². The Kier molecular flexibility index (Phi) is 6.09. The number of nitrogens with one attached hydrogen (secondary N) is 2. The van der Waals surface area contributed by atoms with Gasteiger partial charge in [-0.05, 0) is 27.2 Å². The summed E-state index contributed by atoms with van der Waals surface area (Å²) in [6.07, 6.45) is 1.55. The van der Waals surface area contributed by atoms with Crippen molar-refractivity contribution in [2.24, 2.45) is 0 Å². The highest BCUT2D eigenvalue weighted by Gasteiger charge is 2.22. The van der Waals surface area contributed by atoms with E-state index < -0.39 is 35.2 Å². The van der Waals surface area contributed by atoms with Crippen LogP contribution in [0.1, 0.15) is 39.7 Å². The number of rotatable bonds is 8. The first kappa shape index (κ1) is 21.3. The number of nitrogens with zero attached hydrogens (tertiary/aromatic N) is 4. The smallest absolute Gasteiger partial charge is 0.303 e. The molecule has 160 valence electrons. The zero-order valence-electron chi connectivity index (χ0n) is 16.6. The van der Waals surface area contributed by atoms with Gasteiger partial charge in [0.15, 0.2) is 17.3 Å². The normalized spacial score (nSPS) is 12.4. The molecule has 3 N–H and O–H groups in total. The van der Waals surface area contributed by atoms with Crippen molar-refractivity contribution in [3.05, 3.63) is 35.8 Å². The number of carboxylic acid groups (broad SMARTS) is 1. The summed E-state index contributed by atoms with van der Waals surface area (Å²) in [4.78, 5) is 23.9. The number of halogens is 3. The summed E-state index contributed by atoms with van der Waals surface area (Å²) in [5.74, 6) is -3.92. The van der Waals surface area contributed by atoms with Crippen molar-refractivity contribution in [3.63, 3.8) is 0 Å². The Hall–Kier alpha value is -3.37. The Morgan fingerprint density at radius 2 is 1.83 bits per heavy atom. The lowest BCUT2D eigenvalue weighted by Crippen LogP contribution is -2.14. The molecule has 0 spiro atoms. The number of fused-ring (bicyclic) bond motifs is 1. The third kappa shape index (κ3) is 4.61. The van der Waals surface area contributed by atoms with Gasteiger partial charge in [-0.15, -0.1) is 0 Å². The van der Waals surface area contributed by atoms with Crippen molar-refractivity contribution in [2.75, 3.05) is 10.6 Å². The molecule has 0 saturated carbocycles. The van der Waals surface area contributed by atoms with E-state index in [1.165, 1.54) is 6.20 Å². The van der Waals surface area contributed by atoms with Crippen LogP contribution in [0.5, 0.6) is 0 Å². The largest absolute Gasteiger partial charge is 0.481 e. The van der Waals surface area contributed by atoms with Gasteiger partial charge in [0, 0.05) is 30.6 Å². The molecule has 1 atom stereocenters. The molecule has 0 bridgehead atoms. The number of aromatic nitrogens is 4. The quantitative estimate of drug-likeness (QED) is 0.499. The zero-order chi connectivity index (χ0) is 22.0. The molecule has 3 rings (SSSR count). The molecule has 0 saturated heterocycles. The molecule has 8 nitrogen and oxygen atoms in total. The number of aliphatic carboxylic acids is 1. The molecule has 0 fully saturated rings. The second-order valence-corrected chi connectivity index (χ2v) is 7.16. The van der Waals surface area contributed by atoms with Crippen molar-refractivity contribution in [2.45, 2.75) is 45.7 Å². The maximum absolute atomic E-state index is 14.2. The van der Waals surface area contributed by atoms with E-state index in [0.29, 0.717) is 29.2 Å². The number of hydrogen-bond donors (Lipinski definition) is 3. The molecule has 0 amide bonds. The van der Waals surface area contributed by atoms with Gasteiger partial charge in [0.2, 0.25) is 11.9 Å². The predicted octanol–water partition coefficient (Wildman–Crippen LogP) is 4.23. The maximum atomic E-state index is 14.2. The minimum Gasteiger partial charge on any atom is -0.481 e. The number of hydrogen-bond acceptors (Lipinski definition) is 6. The average Bonchev–Trinajstić information content (AvgIpc) is 2.99. The molecule has 0 aliphatic rings. The summed E-state index contributed by atoms with van der Waals surface area (Å²) in [7, 11) is 0. The number of carbonyl (C=O) groups is 1. The summed E-state index contributed by atoms with van der Waals surface area (Å²) >= 11 is 0. The van der Waals surface area contributed by atoms with Crippen LogP contribution >= 0.6 is 0 Å². The van der Waals surface area contributed by atoms with Crippen molar-refractivity contribution in [3.8, 4) is 0 Å². The van der Waals surface area contributed by atoms with E-state index >= 15 is 0 Å². The van der Waals surface area contributed by atoms with Gasteiger partial charge in [0.25, 0.3) is 0 Å². The summed E-state index contributed by atoms with van der Waals surface area (Å²) in [6.45, 7) is 5.56.